The molecule has 0 aliphatic carbocycles. The van der Waals surface area contributed by atoms with Crippen LogP contribution < -0.4 is 0 Å². The molecule has 0 amide bonds. The molecule has 0 saturated carbocycles. The fourth-order valence-electron chi connectivity index (χ4n) is 2.53. The molecule has 0 unspecified atom stereocenters. The fraction of sp³-hybridized carbons (Fsp3) is 0.200. The van der Waals surface area contributed by atoms with E-state index in [9.17, 15) is 15.4 Å². The van der Waals surface area contributed by atoms with Gasteiger partial charge in [0.2, 0.25) is 0 Å². The van der Waals surface area contributed by atoms with Gasteiger partial charge in [-0.15, -0.1) is 0 Å². The molecule has 3 aromatic rings. The Kier molecular flexibility index (Phi) is 2.28. The highest BCUT2D eigenvalue weighted by Gasteiger charge is 2.24. The van der Waals surface area contributed by atoms with Gasteiger partial charge >= 0.3 is 0 Å². The minimum atomic E-state index is -1.16. The van der Waals surface area contributed by atoms with Crippen LogP contribution in [0.15, 0.2) is 36.4 Å². The predicted octanol–water partition coefficient (Wildman–Crippen LogP) is 2.96. The molecule has 0 bridgehead atoms. The zero-order chi connectivity index (χ0) is 13.8. The topological polar surface area (TPSA) is 65.6 Å². The maximum Gasteiger partial charge on any atom is 0.116 e. The molecular weight excluding hydrogens is 242 g/mol. The molecule has 0 spiro atoms. The molecule has 0 aliphatic heterocycles. The molecule has 19 heavy (non-hydrogen) atoms. The maximum absolute atomic E-state index is 10.3. The summed E-state index contributed by atoms with van der Waals surface area (Å²) in [5.74, 6) is 0.0704. The molecule has 1 aromatic heterocycles. The molecule has 0 atom stereocenters. The van der Waals surface area contributed by atoms with Crippen molar-refractivity contribution in [3.8, 4) is 5.75 Å². The highest BCUT2D eigenvalue weighted by molar-refractivity contribution is 6.09. The molecule has 98 valence electrons. The number of hydrogen-bond donors (Lipinski definition) is 3. The van der Waals surface area contributed by atoms with Crippen LogP contribution >= 0.6 is 0 Å². The Hall–Kier alpha value is -2.20. The summed E-state index contributed by atoms with van der Waals surface area (Å²) in [7, 11) is 0. The van der Waals surface area contributed by atoms with Gasteiger partial charge in [-0.25, -0.2) is 0 Å². The summed E-state index contributed by atoms with van der Waals surface area (Å²) in [4.78, 5) is 0. The molecule has 4 heteroatoms. The number of fused-ring (bicyclic) bond motifs is 3. The summed E-state index contributed by atoms with van der Waals surface area (Å²) in [6.45, 7) is 3.25. The van der Waals surface area contributed by atoms with Gasteiger partial charge in [-0.05, 0) is 32.0 Å². The lowest BCUT2D eigenvalue weighted by Crippen LogP contribution is -2.17. The number of aliphatic hydroxyl groups is 1. The van der Waals surface area contributed by atoms with Crippen molar-refractivity contribution in [3.05, 3.63) is 42.0 Å². The van der Waals surface area contributed by atoms with Crippen LogP contribution in [0.25, 0.3) is 21.8 Å². The quantitative estimate of drug-likeness (QED) is 0.587. The molecule has 0 radical (unpaired) electrons. The standard InChI is InChI=1S/C15H15NO3/c1-15(2,18)12-8-9(17)7-11-10-5-3-4-6-13(10)16(19)14(11)12/h3-8,17-19H,1-2H3. The van der Waals surface area contributed by atoms with E-state index in [-0.39, 0.29) is 5.75 Å². The van der Waals surface area contributed by atoms with Gasteiger partial charge in [0, 0.05) is 16.3 Å². The lowest BCUT2D eigenvalue weighted by Gasteiger charge is -2.19. The highest BCUT2D eigenvalue weighted by atomic mass is 16.5. The fourth-order valence-corrected chi connectivity index (χ4v) is 2.53. The first-order chi connectivity index (χ1) is 8.89. The van der Waals surface area contributed by atoms with E-state index in [0.717, 1.165) is 15.5 Å². The summed E-state index contributed by atoms with van der Waals surface area (Å²) in [6.07, 6.45) is 0. The number of hydrogen-bond acceptors (Lipinski definition) is 3. The van der Waals surface area contributed by atoms with Crippen molar-refractivity contribution in [1.29, 1.82) is 0 Å². The number of nitrogens with zero attached hydrogens (tertiary/aromatic N) is 1. The Balaban J connectivity index is 2.59. The molecule has 0 saturated heterocycles. The van der Waals surface area contributed by atoms with Gasteiger partial charge in [-0.2, -0.15) is 4.73 Å². The number of rotatable bonds is 1. The third kappa shape index (κ3) is 1.64. The van der Waals surface area contributed by atoms with Crippen molar-refractivity contribution in [1.82, 2.24) is 4.73 Å². The lowest BCUT2D eigenvalue weighted by atomic mass is 9.95. The monoisotopic (exact) mass is 257 g/mol. The Labute approximate surface area is 110 Å². The molecule has 1 heterocycles. The molecular formula is C15H15NO3. The van der Waals surface area contributed by atoms with Crippen molar-refractivity contribution >= 4 is 21.8 Å². The number of para-hydroxylation sites is 1. The molecule has 3 rings (SSSR count). The second kappa shape index (κ2) is 3.65. The minimum absolute atomic E-state index is 0.0704. The number of benzene rings is 2. The Morgan fingerprint density at radius 3 is 2.42 bits per heavy atom. The van der Waals surface area contributed by atoms with Gasteiger partial charge in [-0.1, -0.05) is 18.2 Å². The van der Waals surface area contributed by atoms with Gasteiger partial charge < -0.3 is 15.4 Å². The van der Waals surface area contributed by atoms with Gasteiger partial charge in [0.25, 0.3) is 0 Å². The Bertz CT molecular complexity index is 781. The molecule has 4 nitrogen and oxygen atoms in total. The summed E-state index contributed by atoms with van der Waals surface area (Å²) in [5, 5.41) is 31.9. The van der Waals surface area contributed by atoms with E-state index in [2.05, 4.69) is 0 Å². The second-order valence-electron chi connectivity index (χ2n) is 5.28. The van der Waals surface area contributed by atoms with Crippen molar-refractivity contribution < 1.29 is 15.4 Å². The van der Waals surface area contributed by atoms with E-state index in [0.29, 0.717) is 16.6 Å². The number of aromatic nitrogens is 1. The predicted molar refractivity (Wildman–Crippen MR) is 73.5 cm³/mol. The number of phenolic OH excluding ortho intramolecular Hbond substituents is 1. The van der Waals surface area contributed by atoms with E-state index in [1.165, 1.54) is 6.07 Å². The first-order valence-electron chi connectivity index (χ1n) is 6.08. The average molecular weight is 257 g/mol. The molecule has 2 aromatic carbocycles. The van der Waals surface area contributed by atoms with Gasteiger partial charge in [0.1, 0.15) is 5.75 Å². The SMILES string of the molecule is CC(C)(O)c1cc(O)cc2c3ccccc3n(O)c12. The van der Waals surface area contributed by atoms with Crippen LogP contribution in [0.1, 0.15) is 19.4 Å². The normalized spacial score (nSPS) is 12.4. The summed E-state index contributed by atoms with van der Waals surface area (Å²) in [6, 6.07) is 10.4. The number of phenols is 1. The first kappa shape index (κ1) is 11.9. The van der Waals surface area contributed by atoms with Crippen LogP contribution in [-0.2, 0) is 5.60 Å². The highest BCUT2D eigenvalue weighted by Crippen LogP contribution is 2.37. The lowest BCUT2D eigenvalue weighted by molar-refractivity contribution is 0.0782. The zero-order valence-electron chi connectivity index (χ0n) is 10.8. The van der Waals surface area contributed by atoms with Gasteiger partial charge in [0.05, 0.1) is 16.6 Å². The smallest absolute Gasteiger partial charge is 0.116 e. The van der Waals surface area contributed by atoms with E-state index in [1.807, 2.05) is 18.2 Å². The third-order valence-corrected chi connectivity index (χ3v) is 3.39. The minimum Gasteiger partial charge on any atom is -0.508 e. The van der Waals surface area contributed by atoms with Crippen LogP contribution in [-0.4, -0.2) is 20.2 Å². The van der Waals surface area contributed by atoms with Crippen molar-refractivity contribution in [2.45, 2.75) is 19.4 Å². The second-order valence-corrected chi connectivity index (χ2v) is 5.28. The molecule has 0 aliphatic rings. The van der Waals surface area contributed by atoms with Crippen LogP contribution in [0.4, 0.5) is 0 Å². The molecule has 0 fully saturated rings. The van der Waals surface area contributed by atoms with Crippen molar-refractivity contribution in [2.24, 2.45) is 0 Å². The zero-order valence-corrected chi connectivity index (χ0v) is 10.8. The maximum atomic E-state index is 10.3. The van der Waals surface area contributed by atoms with Crippen molar-refractivity contribution in [3.63, 3.8) is 0 Å². The van der Waals surface area contributed by atoms with Crippen LogP contribution in [0, 0.1) is 0 Å². The first-order valence-corrected chi connectivity index (χ1v) is 6.08. The Morgan fingerprint density at radius 1 is 1.05 bits per heavy atom. The average Bonchev–Trinajstić information content (AvgIpc) is 2.62. The third-order valence-electron chi connectivity index (χ3n) is 3.39. The van der Waals surface area contributed by atoms with Crippen LogP contribution in [0.2, 0.25) is 0 Å². The van der Waals surface area contributed by atoms with Crippen molar-refractivity contribution in [2.75, 3.05) is 0 Å². The summed E-state index contributed by atoms with van der Waals surface area (Å²) < 4.78 is 1.07. The van der Waals surface area contributed by atoms with E-state index >= 15 is 0 Å². The van der Waals surface area contributed by atoms with Crippen LogP contribution in [0.3, 0.4) is 0 Å². The van der Waals surface area contributed by atoms with Gasteiger partial charge in [0.15, 0.2) is 0 Å². The Morgan fingerprint density at radius 2 is 1.74 bits per heavy atom. The molecule has 3 N–H and O–H groups in total. The largest absolute Gasteiger partial charge is 0.508 e. The number of aromatic hydroxyl groups is 1. The van der Waals surface area contributed by atoms with E-state index in [4.69, 9.17) is 0 Å². The van der Waals surface area contributed by atoms with Crippen LogP contribution in [0.5, 0.6) is 5.75 Å². The van der Waals surface area contributed by atoms with E-state index < -0.39 is 5.60 Å². The van der Waals surface area contributed by atoms with E-state index in [1.54, 1.807) is 26.0 Å². The van der Waals surface area contributed by atoms with Gasteiger partial charge in [-0.3, -0.25) is 0 Å². The summed E-state index contributed by atoms with van der Waals surface area (Å²) >= 11 is 0. The summed E-state index contributed by atoms with van der Waals surface area (Å²) in [5.41, 5.74) is 0.493.